The quantitative estimate of drug-likeness (QED) is 0.886. The van der Waals surface area contributed by atoms with Crippen LogP contribution < -0.4 is 0 Å². The van der Waals surface area contributed by atoms with Gasteiger partial charge in [-0.05, 0) is 12.5 Å². The molecule has 1 N–H and O–H groups in total. The SMILES string of the molecule is Cc1nc(C(C)(C)C)sc1C(=O)N(C)C(Cc1ccccc1)C(=O)O. The Bertz CT molecular complexity index is 763. The number of hydrogen-bond donors (Lipinski definition) is 1. The smallest absolute Gasteiger partial charge is 0.326 e. The minimum atomic E-state index is -1.02. The lowest BCUT2D eigenvalue weighted by atomic mass is 9.98. The molecule has 2 rings (SSSR count). The lowest BCUT2D eigenvalue weighted by molar-refractivity contribution is -0.141. The van der Waals surface area contributed by atoms with E-state index < -0.39 is 12.0 Å². The number of amides is 1. The number of likely N-dealkylation sites (N-methyl/N-ethyl adjacent to an activating group) is 1. The molecule has 134 valence electrons. The number of thiazole rings is 1. The average Bonchev–Trinajstić information content (AvgIpc) is 2.94. The van der Waals surface area contributed by atoms with E-state index in [2.05, 4.69) is 4.98 Å². The number of carboxylic acid groups (broad SMARTS) is 1. The molecule has 1 atom stereocenters. The first-order valence-corrected chi connectivity index (χ1v) is 8.94. The van der Waals surface area contributed by atoms with Gasteiger partial charge in [-0.25, -0.2) is 9.78 Å². The Labute approximate surface area is 152 Å². The molecule has 0 saturated carbocycles. The van der Waals surface area contributed by atoms with E-state index in [0.29, 0.717) is 10.6 Å². The number of carbonyl (C=O) groups is 2. The van der Waals surface area contributed by atoms with Crippen LogP contribution in [-0.2, 0) is 16.6 Å². The summed E-state index contributed by atoms with van der Waals surface area (Å²) < 4.78 is 0. The lowest BCUT2D eigenvalue weighted by Gasteiger charge is -2.24. The molecule has 6 heteroatoms. The Hall–Kier alpha value is -2.21. The predicted molar refractivity (Wildman–Crippen MR) is 99.2 cm³/mol. The highest BCUT2D eigenvalue weighted by Gasteiger charge is 2.31. The minimum absolute atomic E-state index is 0.150. The maximum Gasteiger partial charge on any atom is 0.326 e. The van der Waals surface area contributed by atoms with Crippen LogP contribution in [0.15, 0.2) is 30.3 Å². The highest BCUT2D eigenvalue weighted by Crippen LogP contribution is 2.30. The van der Waals surface area contributed by atoms with Gasteiger partial charge in [0, 0.05) is 18.9 Å². The summed E-state index contributed by atoms with van der Waals surface area (Å²) in [6.07, 6.45) is 0.266. The first-order valence-electron chi connectivity index (χ1n) is 8.13. The topological polar surface area (TPSA) is 70.5 Å². The third kappa shape index (κ3) is 4.45. The van der Waals surface area contributed by atoms with Gasteiger partial charge in [-0.3, -0.25) is 4.79 Å². The van der Waals surface area contributed by atoms with E-state index in [0.717, 1.165) is 10.6 Å². The van der Waals surface area contributed by atoms with Crippen LogP contribution in [0, 0.1) is 6.92 Å². The van der Waals surface area contributed by atoms with Gasteiger partial charge < -0.3 is 10.0 Å². The van der Waals surface area contributed by atoms with E-state index in [1.165, 1.54) is 16.2 Å². The third-order valence-corrected chi connectivity index (χ3v) is 5.55. The van der Waals surface area contributed by atoms with Gasteiger partial charge in [0.1, 0.15) is 10.9 Å². The standard InChI is InChI=1S/C19H24N2O3S/c1-12-15(25-18(20-12)19(2,3)4)16(22)21(5)14(17(23)24)11-13-9-7-6-8-10-13/h6-10,14H,11H2,1-5H3,(H,23,24). The highest BCUT2D eigenvalue weighted by atomic mass is 32.1. The number of benzene rings is 1. The van der Waals surface area contributed by atoms with Gasteiger partial charge in [0.05, 0.1) is 10.7 Å². The van der Waals surface area contributed by atoms with Crippen LogP contribution in [0.25, 0.3) is 0 Å². The molecule has 0 fully saturated rings. The molecule has 0 aliphatic carbocycles. The molecule has 0 aliphatic heterocycles. The van der Waals surface area contributed by atoms with Crippen molar-refractivity contribution in [3.63, 3.8) is 0 Å². The van der Waals surface area contributed by atoms with E-state index in [4.69, 9.17) is 0 Å². The first kappa shape index (κ1) is 19.1. The van der Waals surface area contributed by atoms with Crippen molar-refractivity contribution in [2.45, 2.75) is 45.6 Å². The van der Waals surface area contributed by atoms with Crippen molar-refractivity contribution in [3.8, 4) is 0 Å². The molecule has 2 aromatic rings. The second-order valence-electron chi connectivity index (χ2n) is 7.14. The summed E-state index contributed by atoms with van der Waals surface area (Å²) in [6, 6.07) is 8.41. The fraction of sp³-hybridized carbons (Fsp3) is 0.421. The van der Waals surface area contributed by atoms with Crippen LogP contribution in [-0.4, -0.2) is 40.0 Å². The fourth-order valence-electron chi connectivity index (χ4n) is 2.44. The normalized spacial score (nSPS) is 12.7. The summed E-state index contributed by atoms with van der Waals surface area (Å²) in [5, 5.41) is 10.5. The van der Waals surface area contributed by atoms with Crippen molar-refractivity contribution in [2.75, 3.05) is 7.05 Å². The molecule has 5 nitrogen and oxygen atoms in total. The van der Waals surface area contributed by atoms with Gasteiger partial charge in [-0.15, -0.1) is 11.3 Å². The molecule has 1 heterocycles. The third-order valence-electron chi connectivity index (χ3n) is 3.98. The first-order chi connectivity index (χ1) is 11.6. The molecule has 1 aromatic heterocycles. The molecule has 0 radical (unpaired) electrons. The number of aliphatic carboxylic acids is 1. The Morgan fingerprint density at radius 3 is 2.32 bits per heavy atom. The number of carbonyl (C=O) groups excluding carboxylic acids is 1. The number of aryl methyl sites for hydroxylation is 1. The molecule has 25 heavy (non-hydrogen) atoms. The summed E-state index contributed by atoms with van der Waals surface area (Å²) in [4.78, 5) is 30.9. The minimum Gasteiger partial charge on any atom is -0.480 e. The summed E-state index contributed by atoms with van der Waals surface area (Å²) in [5.74, 6) is -1.31. The van der Waals surface area contributed by atoms with Crippen molar-refractivity contribution in [3.05, 3.63) is 51.5 Å². The van der Waals surface area contributed by atoms with Gasteiger partial charge in [-0.2, -0.15) is 0 Å². The second-order valence-corrected chi connectivity index (χ2v) is 8.14. The van der Waals surface area contributed by atoms with Crippen molar-refractivity contribution in [2.24, 2.45) is 0 Å². The van der Waals surface area contributed by atoms with Crippen molar-refractivity contribution in [1.82, 2.24) is 9.88 Å². The van der Waals surface area contributed by atoms with Crippen LogP contribution in [0.5, 0.6) is 0 Å². The van der Waals surface area contributed by atoms with Gasteiger partial charge >= 0.3 is 5.97 Å². The average molecular weight is 360 g/mol. The molecular weight excluding hydrogens is 336 g/mol. The molecular formula is C19H24N2O3S. The molecule has 0 spiro atoms. The Morgan fingerprint density at radius 2 is 1.84 bits per heavy atom. The van der Waals surface area contributed by atoms with Gasteiger partial charge in [0.25, 0.3) is 5.91 Å². The van der Waals surface area contributed by atoms with Gasteiger partial charge in [-0.1, -0.05) is 51.1 Å². The van der Waals surface area contributed by atoms with Crippen LogP contribution in [0.3, 0.4) is 0 Å². The van der Waals surface area contributed by atoms with Crippen molar-refractivity contribution in [1.29, 1.82) is 0 Å². The molecule has 0 bridgehead atoms. The second kappa shape index (κ2) is 7.35. The summed E-state index contributed by atoms with van der Waals surface area (Å²) in [7, 11) is 1.54. The summed E-state index contributed by atoms with van der Waals surface area (Å²) in [6.45, 7) is 7.91. The Morgan fingerprint density at radius 1 is 1.24 bits per heavy atom. The van der Waals surface area contributed by atoms with E-state index in [-0.39, 0.29) is 17.7 Å². The molecule has 0 saturated heterocycles. The van der Waals surface area contributed by atoms with Crippen molar-refractivity contribution >= 4 is 23.2 Å². The maximum absolute atomic E-state index is 12.9. The predicted octanol–water partition coefficient (Wildman–Crippen LogP) is 3.52. The molecule has 1 aromatic carbocycles. The van der Waals surface area contributed by atoms with Gasteiger partial charge in [0.15, 0.2) is 0 Å². The number of hydrogen-bond acceptors (Lipinski definition) is 4. The van der Waals surface area contributed by atoms with E-state index in [9.17, 15) is 14.7 Å². The molecule has 1 amide bonds. The summed E-state index contributed by atoms with van der Waals surface area (Å²) in [5.41, 5.74) is 1.38. The van der Waals surface area contributed by atoms with E-state index in [1.807, 2.05) is 51.1 Å². The van der Waals surface area contributed by atoms with Crippen LogP contribution >= 0.6 is 11.3 Å². The monoisotopic (exact) mass is 360 g/mol. The Kier molecular flexibility index (Phi) is 5.62. The number of rotatable bonds is 5. The van der Waals surface area contributed by atoms with E-state index >= 15 is 0 Å². The van der Waals surface area contributed by atoms with E-state index in [1.54, 1.807) is 14.0 Å². The number of nitrogens with zero attached hydrogens (tertiary/aromatic N) is 2. The van der Waals surface area contributed by atoms with Crippen LogP contribution in [0.2, 0.25) is 0 Å². The maximum atomic E-state index is 12.9. The number of aromatic nitrogens is 1. The zero-order chi connectivity index (χ0) is 18.8. The molecule has 1 unspecified atom stereocenters. The van der Waals surface area contributed by atoms with Crippen molar-refractivity contribution < 1.29 is 14.7 Å². The zero-order valence-corrected chi connectivity index (χ0v) is 16.1. The van der Waals surface area contributed by atoms with Crippen LogP contribution in [0.4, 0.5) is 0 Å². The van der Waals surface area contributed by atoms with Crippen LogP contribution in [0.1, 0.15) is 46.7 Å². The van der Waals surface area contributed by atoms with Gasteiger partial charge in [0.2, 0.25) is 0 Å². The number of carboxylic acids is 1. The Balaban J connectivity index is 2.27. The molecule has 0 aliphatic rings. The summed E-state index contributed by atoms with van der Waals surface area (Å²) >= 11 is 1.34. The highest BCUT2D eigenvalue weighted by molar-refractivity contribution is 7.14. The zero-order valence-electron chi connectivity index (χ0n) is 15.2. The lowest BCUT2D eigenvalue weighted by Crippen LogP contribution is -2.43. The largest absolute Gasteiger partial charge is 0.480 e. The fourth-order valence-corrected chi connectivity index (χ4v) is 3.55.